The highest BCUT2D eigenvalue weighted by molar-refractivity contribution is 5.80. The van der Waals surface area contributed by atoms with E-state index in [0.29, 0.717) is 18.3 Å². The standard InChI is InChI=1S/C33H35N3O5/c1-23(2)7-6-18-40-29-16-14-26(15-17-29)28-20-34-31(35-21-28)27-12-10-24(11-13-27)19-30(32(37)38)36-33(39)41-22-25-8-4-3-5-9-25/h3-5,8-17,20-21,23,30H,6-7,18-19,22H2,1-2H3,(H,36,39)(H,37,38). The fraction of sp³-hybridized carbons (Fsp3) is 0.273. The lowest BCUT2D eigenvalue weighted by Crippen LogP contribution is -2.42. The second-order valence-electron chi connectivity index (χ2n) is 10.2. The van der Waals surface area contributed by atoms with Crippen molar-refractivity contribution in [1.82, 2.24) is 15.3 Å². The fourth-order valence-electron chi connectivity index (χ4n) is 4.18. The molecule has 1 aromatic heterocycles. The zero-order valence-electron chi connectivity index (χ0n) is 23.3. The molecule has 41 heavy (non-hydrogen) atoms. The number of nitrogens with one attached hydrogen (secondary N) is 1. The minimum atomic E-state index is -1.14. The quantitative estimate of drug-likeness (QED) is 0.181. The van der Waals surface area contributed by atoms with Gasteiger partial charge >= 0.3 is 12.1 Å². The summed E-state index contributed by atoms with van der Waals surface area (Å²) in [6, 6.07) is 23.2. The number of alkyl carbamates (subject to hydrolysis) is 1. The molecule has 3 aromatic carbocycles. The Morgan fingerprint density at radius 3 is 2.12 bits per heavy atom. The number of aromatic nitrogens is 2. The van der Waals surface area contributed by atoms with Crippen LogP contribution in [0.2, 0.25) is 0 Å². The van der Waals surface area contributed by atoms with E-state index in [1.807, 2.05) is 66.7 Å². The van der Waals surface area contributed by atoms with E-state index in [1.54, 1.807) is 24.5 Å². The highest BCUT2D eigenvalue weighted by atomic mass is 16.5. The molecule has 1 unspecified atom stereocenters. The first-order valence-corrected chi connectivity index (χ1v) is 13.7. The van der Waals surface area contributed by atoms with Gasteiger partial charge in [-0.2, -0.15) is 0 Å². The molecule has 0 radical (unpaired) electrons. The normalized spacial score (nSPS) is 11.6. The van der Waals surface area contributed by atoms with Crippen molar-refractivity contribution in [2.24, 2.45) is 5.92 Å². The Kier molecular flexibility index (Phi) is 10.4. The smallest absolute Gasteiger partial charge is 0.408 e. The number of carbonyl (C=O) groups excluding carboxylic acids is 1. The number of nitrogens with zero attached hydrogens (tertiary/aromatic N) is 2. The second kappa shape index (κ2) is 14.6. The molecule has 1 amide bonds. The summed E-state index contributed by atoms with van der Waals surface area (Å²) in [5, 5.41) is 12.0. The van der Waals surface area contributed by atoms with Crippen LogP contribution in [0.1, 0.15) is 37.8 Å². The first-order valence-electron chi connectivity index (χ1n) is 13.7. The van der Waals surface area contributed by atoms with Gasteiger partial charge in [-0.1, -0.05) is 80.6 Å². The number of carboxylic acid groups (broad SMARTS) is 1. The van der Waals surface area contributed by atoms with Crippen LogP contribution in [0.3, 0.4) is 0 Å². The lowest BCUT2D eigenvalue weighted by molar-refractivity contribution is -0.139. The largest absolute Gasteiger partial charge is 0.494 e. The molecule has 0 aliphatic heterocycles. The average molecular weight is 554 g/mol. The summed E-state index contributed by atoms with van der Waals surface area (Å²) in [5.74, 6) is 0.939. The zero-order chi connectivity index (χ0) is 29.0. The molecule has 8 nitrogen and oxygen atoms in total. The van der Waals surface area contributed by atoms with Crippen LogP contribution in [0.15, 0.2) is 91.3 Å². The number of benzene rings is 3. The predicted molar refractivity (Wildman–Crippen MR) is 157 cm³/mol. The van der Waals surface area contributed by atoms with Crippen molar-refractivity contribution in [2.75, 3.05) is 6.61 Å². The number of amides is 1. The Morgan fingerprint density at radius 2 is 1.49 bits per heavy atom. The number of rotatable bonds is 13. The Balaban J connectivity index is 1.30. The van der Waals surface area contributed by atoms with E-state index in [2.05, 4.69) is 29.1 Å². The second-order valence-corrected chi connectivity index (χ2v) is 10.2. The minimum Gasteiger partial charge on any atom is -0.494 e. The molecule has 8 heteroatoms. The molecule has 1 heterocycles. The lowest BCUT2D eigenvalue weighted by atomic mass is 10.0. The Labute approximate surface area is 240 Å². The first kappa shape index (κ1) is 29.3. The van der Waals surface area contributed by atoms with Crippen molar-refractivity contribution in [2.45, 2.75) is 45.8 Å². The summed E-state index contributed by atoms with van der Waals surface area (Å²) in [7, 11) is 0. The van der Waals surface area contributed by atoms with Crippen LogP contribution in [0.5, 0.6) is 5.75 Å². The van der Waals surface area contributed by atoms with Gasteiger partial charge in [0.05, 0.1) is 6.61 Å². The highest BCUT2D eigenvalue weighted by Gasteiger charge is 2.21. The molecule has 212 valence electrons. The highest BCUT2D eigenvalue weighted by Crippen LogP contribution is 2.23. The maximum atomic E-state index is 12.2. The number of carbonyl (C=O) groups is 2. The van der Waals surface area contributed by atoms with Crippen molar-refractivity contribution in [3.05, 3.63) is 102 Å². The molecule has 0 aliphatic rings. The predicted octanol–water partition coefficient (Wildman–Crippen LogP) is 6.55. The summed E-state index contributed by atoms with van der Waals surface area (Å²) in [5.41, 5.74) is 4.25. The maximum absolute atomic E-state index is 12.2. The van der Waals surface area contributed by atoms with Crippen molar-refractivity contribution in [3.8, 4) is 28.3 Å². The van der Waals surface area contributed by atoms with Gasteiger partial charge in [-0.25, -0.2) is 19.6 Å². The number of ether oxygens (including phenoxy) is 2. The lowest BCUT2D eigenvalue weighted by Gasteiger charge is -2.15. The summed E-state index contributed by atoms with van der Waals surface area (Å²) in [6.07, 6.45) is 5.07. The Morgan fingerprint density at radius 1 is 0.829 bits per heavy atom. The third kappa shape index (κ3) is 9.17. The average Bonchev–Trinajstić information content (AvgIpc) is 2.99. The number of hydrogen-bond acceptors (Lipinski definition) is 6. The van der Waals surface area contributed by atoms with Gasteiger partial charge in [0, 0.05) is 29.9 Å². The van der Waals surface area contributed by atoms with Gasteiger partial charge in [0.25, 0.3) is 0 Å². The van der Waals surface area contributed by atoms with E-state index >= 15 is 0 Å². The SMILES string of the molecule is CC(C)CCCOc1ccc(-c2cnc(-c3ccc(CC(NC(=O)OCc4ccccc4)C(=O)O)cc3)nc2)cc1. The maximum Gasteiger partial charge on any atom is 0.408 e. The number of hydrogen-bond donors (Lipinski definition) is 2. The van der Waals surface area contributed by atoms with Crippen LogP contribution in [0.4, 0.5) is 4.79 Å². The summed E-state index contributed by atoms with van der Waals surface area (Å²) in [6.45, 7) is 5.19. The van der Waals surface area contributed by atoms with E-state index < -0.39 is 18.1 Å². The zero-order valence-corrected chi connectivity index (χ0v) is 23.3. The molecule has 0 spiro atoms. The molecule has 0 bridgehead atoms. The third-order valence-electron chi connectivity index (χ3n) is 6.49. The number of aliphatic carboxylic acids is 1. The Bertz CT molecular complexity index is 1390. The van der Waals surface area contributed by atoms with Crippen molar-refractivity contribution >= 4 is 12.1 Å². The third-order valence-corrected chi connectivity index (χ3v) is 6.49. The summed E-state index contributed by atoms with van der Waals surface area (Å²) in [4.78, 5) is 33.0. The van der Waals surface area contributed by atoms with E-state index in [1.165, 1.54) is 0 Å². The van der Waals surface area contributed by atoms with Crippen molar-refractivity contribution in [3.63, 3.8) is 0 Å². The molecule has 4 aromatic rings. The van der Waals surface area contributed by atoms with Gasteiger partial charge < -0.3 is 19.9 Å². The minimum absolute atomic E-state index is 0.0603. The van der Waals surface area contributed by atoms with Crippen LogP contribution in [0, 0.1) is 5.92 Å². The molecule has 0 saturated heterocycles. The fourth-order valence-corrected chi connectivity index (χ4v) is 4.18. The van der Waals surface area contributed by atoms with Gasteiger partial charge in [-0.15, -0.1) is 0 Å². The van der Waals surface area contributed by atoms with Gasteiger partial charge in [0.2, 0.25) is 0 Å². The van der Waals surface area contributed by atoms with Crippen molar-refractivity contribution in [1.29, 1.82) is 0 Å². The van der Waals surface area contributed by atoms with Crippen LogP contribution in [-0.4, -0.2) is 39.8 Å². The summed E-state index contributed by atoms with van der Waals surface area (Å²) >= 11 is 0. The van der Waals surface area contributed by atoms with Crippen LogP contribution in [0.25, 0.3) is 22.5 Å². The van der Waals surface area contributed by atoms with Gasteiger partial charge in [0.1, 0.15) is 18.4 Å². The van der Waals surface area contributed by atoms with Gasteiger partial charge in [-0.05, 0) is 47.6 Å². The van der Waals surface area contributed by atoms with E-state index in [4.69, 9.17) is 9.47 Å². The van der Waals surface area contributed by atoms with Crippen molar-refractivity contribution < 1.29 is 24.2 Å². The molecule has 1 atom stereocenters. The van der Waals surface area contributed by atoms with Crippen LogP contribution in [-0.2, 0) is 22.6 Å². The molecular weight excluding hydrogens is 518 g/mol. The molecule has 0 fully saturated rings. The van der Waals surface area contributed by atoms with E-state index in [-0.39, 0.29) is 13.0 Å². The molecular formula is C33H35N3O5. The molecule has 0 saturated carbocycles. The first-order chi connectivity index (χ1) is 19.9. The Hall–Kier alpha value is -4.72. The molecule has 4 rings (SSSR count). The van der Waals surface area contributed by atoms with Gasteiger partial charge in [-0.3, -0.25) is 0 Å². The molecule has 0 aliphatic carbocycles. The summed E-state index contributed by atoms with van der Waals surface area (Å²) < 4.78 is 11.0. The van der Waals surface area contributed by atoms with Crippen LogP contribution >= 0.6 is 0 Å². The van der Waals surface area contributed by atoms with E-state index in [9.17, 15) is 14.7 Å². The van der Waals surface area contributed by atoms with E-state index in [0.717, 1.165) is 46.4 Å². The van der Waals surface area contributed by atoms with Crippen LogP contribution < -0.4 is 10.1 Å². The topological polar surface area (TPSA) is 111 Å². The monoisotopic (exact) mass is 553 g/mol. The number of carboxylic acids is 1. The molecule has 2 N–H and O–H groups in total. The van der Waals surface area contributed by atoms with Gasteiger partial charge in [0.15, 0.2) is 5.82 Å².